The van der Waals surface area contributed by atoms with Crippen molar-refractivity contribution in [2.24, 2.45) is 0 Å². The van der Waals surface area contributed by atoms with Crippen LogP contribution in [0, 0.1) is 5.82 Å². The molecule has 0 unspecified atom stereocenters. The van der Waals surface area contributed by atoms with Crippen molar-refractivity contribution in [1.29, 1.82) is 0 Å². The molecule has 3 nitrogen and oxygen atoms in total. The van der Waals surface area contributed by atoms with Gasteiger partial charge in [0.2, 0.25) is 0 Å². The predicted octanol–water partition coefficient (Wildman–Crippen LogP) is 2.07. The van der Waals surface area contributed by atoms with E-state index in [0.717, 1.165) is 19.4 Å². The maximum absolute atomic E-state index is 13.1. The normalized spacial score (nSPS) is 19.2. The number of rotatable bonds is 2. The summed E-state index contributed by atoms with van der Waals surface area (Å²) in [6.45, 7) is 1.46. The molecule has 2 rings (SSSR count). The van der Waals surface area contributed by atoms with Crippen LogP contribution in [0.4, 0.5) is 4.39 Å². The number of amides is 1. The largest absolute Gasteiger partial charge is 0.337 e. The second-order valence-corrected chi connectivity index (χ2v) is 4.39. The van der Waals surface area contributed by atoms with Gasteiger partial charge < -0.3 is 10.2 Å². The van der Waals surface area contributed by atoms with Gasteiger partial charge in [-0.05, 0) is 38.1 Å². The van der Waals surface area contributed by atoms with Crippen molar-refractivity contribution in [1.82, 2.24) is 10.2 Å². The summed E-state index contributed by atoms with van der Waals surface area (Å²) in [4.78, 5) is 13.9. The third-order valence-corrected chi connectivity index (χ3v) is 3.19. The van der Waals surface area contributed by atoms with Crippen LogP contribution in [0.5, 0.6) is 0 Å². The molecule has 1 saturated heterocycles. The van der Waals surface area contributed by atoms with Gasteiger partial charge in [-0.3, -0.25) is 4.79 Å². The monoisotopic (exact) mass is 272 g/mol. The maximum Gasteiger partial charge on any atom is 0.254 e. The van der Waals surface area contributed by atoms with E-state index in [4.69, 9.17) is 0 Å². The summed E-state index contributed by atoms with van der Waals surface area (Å²) in [5.74, 6) is -0.442. The van der Waals surface area contributed by atoms with E-state index in [9.17, 15) is 9.18 Å². The number of carbonyl (C=O) groups is 1. The van der Waals surface area contributed by atoms with Crippen LogP contribution in [0.2, 0.25) is 0 Å². The lowest BCUT2D eigenvalue weighted by Gasteiger charge is -2.32. The molecule has 1 heterocycles. The van der Waals surface area contributed by atoms with Crippen molar-refractivity contribution in [3.63, 3.8) is 0 Å². The minimum absolute atomic E-state index is 0. The van der Waals surface area contributed by atoms with Crippen molar-refractivity contribution in [2.75, 3.05) is 20.1 Å². The third kappa shape index (κ3) is 3.43. The molecule has 0 bridgehead atoms. The SMILES string of the molecule is CN[C@H]1CCCN(C(=O)c2cccc(F)c2)C1.Cl. The highest BCUT2D eigenvalue weighted by molar-refractivity contribution is 5.94. The first-order valence-electron chi connectivity index (χ1n) is 5.93. The molecule has 1 fully saturated rings. The van der Waals surface area contributed by atoms with E-state index < -0.39 is 0 Å². The lowest BCUT2D eigenvalue weighted by atomic mass is 10.0. The Hall–Kier alpha value is -1.13. The van der Waals surface area contributed by atoms with Crippen LogP contribution in [-0.2, 0) is 0 Å². The molecule has 1 atom stereocenters. The summed E-state index contributed by atoms with van der Waals surface area (Å²) in [6.07, 6.45) is 2.08. The van der Waals surface area contributed by atoms with Gasteiger partial charge in [-0.15, -0.1) is 12.4 Å². The molecule has 0 spiro atoms. The number of hydrogen-bond donors (Lipinski definition) is 1. The number of benzene rings is 1. The van der Waals surface area contributed by atoms with E-state index in [0.29, 0.717) is 18.2 Å². The Morgan fingerprint density at radius 2 is 2.28 bits per heavy atom. The van der Waals surface area contributed by atoms with Crippen LogP contribution in [0.25, 0.3) is 0 Å². The second-order valence-electron chi connectivity index (χ2n) is 4.39. The summed E-state index contributed by atoms with van der Waals surface area (Å²) in [5, 5.41) is 3.18. The molecule has 1 N–H and O–H groups in total. The molecule has 1 aromatic rings. The summed E-state index contributed by atoms with van der Waals surface area (Å²) >= 11 is 0. The number of halogens is 2. The minimum atomic E-state index is -0.363. The Morgan fingerprint density at radius 3 is 2.94 bits per heavy atom. The van der Waals surface area contributed by atoms with Crippen LogP contribution in [-0.4, -0.2) is 37.0 Å². The van der Waals surface area contributed by atoms with Crippen LogP contribution >= 0.6 is 12.4 Å². The van der Waals surface area contributed by atoms with Crippen LogP contribution in [0.1, 0.15) is 23.2 Å². The van der Waals surface area contributed by atoms with Gasteiger partial charge in [0.15, 0.2) is 0 Å². The Balaban J connectivity index is 0.00000162. The first-order chi connectivity index (χ1) is 8.20. The number of hydrogen-bond acceptors (Lipinski definition) is 2. The van der Waals surface area contributed by atoms with Gasteiger partial charge in [0.1, 0.15) is 5.82 Å². The van der Waals surface area contributed by atoms with Gasteiger partial charge in [-0.2, -0.15) is 0 Å². The number of likely N-dealkylation sites (tertiary alicyclic amines) is 1. The smallest absolute Gasteiger partial charge is 0.254 e. The fourth-order valence-electron chi connectivity index (χ4n) is 2.20. The second kappa shape index (κ2) is 6.71. The number of likely N-dealkylation sites (N-methyl/N-ethyl adjacent to an activating group) is 1. The van der Waals surface area contributed by atoms with Gasteiger partial charge in [0, 0.05) is 24.7 Å². The van der Waals surface area contributed by atoms with Gasteiger partial charge in [-0.1, -0.05) is 6.07 Å². The molecule has 0 aliphatic carbocycles. The molecule has 1 aromatic carbocycles. The summed E-state index contributed by atoms with van der Waals surface area (Å²) in [5.41, 5.74) is 0.432. The predicted molar refractivity (Wildman–Crippen MR) is 71.6 cm³/mol. The highest BCUT2D eigenvalue weighted by Crippen LogP contribution is 2.14. The van der Waals surface area contributed by atoms with E-state index >= 15 is 0 Å². The fraction of sp³-hybridized carbons (Fsp3) is 0.462. The molecule has 0 saturated carbocycles. The van der Waals surface area contributed by atoms with E-state index in [-0.39, 0.29) is 24.1 Å². The third-order valence-electron chi connectivity index (χ3n) is 3.19. The number of nitrogens with one attached hydrogen (secondary N) is 1. The van der Waals surface area contributed by atoms with Gasteiger partial charge in [0.25, 0.3) is 5.91 Å². The zero-order chi connectivity index (χ0) is 12.3. The summed E-state index contributed by atoms with van der Waals surface area (Å²) < 4.78 is 13.1. The standard InChI is InChI=1S/C13H17FN2O.ClH/c1-15-12-6-3-7-16(9-12)13(17)10-4-2-5-11(14)8-10;/h2,4-5,8,12,15H,3,6-7,9H2,1H3;1H/t12-;/m0./s1. The average Bonchev–Trinajstić information content (AvgIpc) is 2.38. The lowest BCUT2D eigenvalue weighted by molar-refractivity contribution is 0.0697. The minimum Gasteiger partial charge on any atom is -0.337 e. The Labute approximate surface area is 113 Å². The van der Waals surface area contributed by atoms with E-state index in [1.165, 1.54) is 12.1 Å². The van der Waals surface area contributed by atoms with Gasteiger partial charge >= 0.3 is 0 Å². The number of piperidine rings is 1. The molecular formula is C13H18ClFN2O. The number of nitrogens with zero attached hydrogens (tertiary/aromatic N) is 1. The maximum atomic E-state index is 13.1. The zero-order valence-corrected chi connectivity index (χ0v) is 11.2. The zero-order valence-electron chi connectivity index (χ0n) is 10.4. The molecule has 1 aliphatic rings. The van der Waals surface area contributed by atoms with Crippen molar-refractivity contribution >= 4 is 18.3 Å². The summed E-state index contributed by atoms with van der Waals surface area (Å²) in [6, 6.07) is 6.23. The van der Waals surface area contributed by atoms with E-state index in [2.05, 4.69) is 5.32 Å². The molecule has 1 amide bonds. The molecule has 1 aliphatic heterocycles. The lowest BCUT2D eigenvalue weighted by Crippen LogP contribution is -2.46. The Bertz CT molecular complexity index is 414. The quantitative estimate of drug-likeness (QED) is 0.894. The molecule has 0 aromatic heterocycles. The van der Waals surface area contributed by atoms with Gasteiger partial charge in [-0.25, -0.2) is 4.39 Å². The van der Waals surface area contributed by atoms with Crippen molar-refractivity contribution < 1.29 is 9.18 Å². The Morgan fingerprint density at radius 1 is 1.50 bits per heavy atom. The van der Waals surface area contributed by atoms with Crippen LogP contribution in [0.3, 0.4) is 0 Å². The van der Waals surface area contributed by atoms with Crippen molar-refractivity contribution in [3.05, 3.63) is 35.6 Å². The van der Waals surface area contributed by atoms with Crippen LogP contribution < -0.4 is 5.32 Å². The number of carbonyl (C=O) groups excluding carboxylic acids is 1. The van der Waals surface area contributed by atoms with Crippen molar-refractivity contribution in [2.45, 2.75) is 18.9 Å². The first kappa shape index (κ1) is 14.9. The fourth-order valence-corrected chi connectivity index (χ4v) is 2.20. The molecule has 18 heavy (non-hydrogen) atoms. The van der Waals surface area contributed by atoms with Gasteiger partial charge in [0.05, 0.1) is 0 Å². The van der Waals surface area contributed by atoms with E-state index in [1.807, 2.05) is 7.05 Å². The van der Waals surface area contributed by atoms with Crippen molar-refractivity contribution in [3.8, 4) is 0 Å². The average molecular weight is 273 g/mol. The Kier molecular flexibility index (Phi) is 5.56. The topological polar surface area (TPSA) is 32.3 Å². The molecule has 5 heteroatoms. The van der Waals surface area contributed by atoms with Crippen LogP contribution in [0.15, 0.2) is 24.3 Å². The highest BCUT2D eigenvalue weighted by Gasteiger charge is 2.23. The molecule has 0 radical (unpaired) electrons. The first-order valence-corrected chi connectivity index (χ1v) is 5.93. The molecular weight excluding hydrogens is 255 g/mol. The summed E-state index contributed by atoms with van der Waals surface area (Å²) in [7, 11) is 1.90. The van der Waals surface area contributed by atoms with E-state index in [1.54, 1.807) is 17.0 Å². The molecule has 100 valence electrons. The highest BCUT2D eigenvalue weighted by atomic mass is 35.5.